The van der Waals surface area contributed by atoms with Gasteiger partial charge in [-0.15, -0.1) is 0 Å². The number of rotatable bonds is 6. The van der Waals surface area contributed by atoms with Crippen LogP contribution in [0.1, 0.15) is 38.2 Å². The Balaban J connectivity index is 1.77. The lowest BCUT2D eigenvalue weighted by atomic mass is 9.89. The monoisotopic (exact) mass is 351 g/mol. The first-order valence-corrected chi connectivity index (χ1v) is 10.5. The standard InChI is InChI=1S/C18H29N3O2S/c1-18(11-4-5-12-18)14-21-17(19-2)20-13-10-15-6-8-16(9-7-15)24(3,22)23/h6-9H,4-5,10-14H2,1-3H3,(H2,19,20,21). The van der Waals surface area contributed by atoms with E-state index < -0.39 is 9.84 Å². The zero-order valence-corrected chi connectivity index (χ0v) is 15.7. The van der Waals surface area contributed by atoms with Gasteiger partial charge in [0.25, 0.3) is 0 Å². The Labute approximate surface area is 145 Å². The molecule has 0 atom stereocenters. The summed E-state index contributed by atoms with van der Waals surface area (Å²) in [5.41, 5.74) is 1.49. The van der Waals surface area contributed by atoms with E-state index >= 15 is 0 Å². The van der Waals surface area contributed by atoms with Crippen LogP contribution in [0, 0.1) is 5.41 Å². The largest absolute Gasteiger partial charge is 0.356 e. The van der Waals surface area contributed by atoms with Crippen molar-refractivity contribution >= 4 is 15.8 Å². The summed E-state index contributed by atoms with van der Waals surface area (Å²) in [6.07, 6.45) is 7.26. The number of benzene rings is 1. The molecular formula is C18H29N3O2S. The fraction of sp³-hybridized carbons (Fsp3) is 0.611. The van der Waals surface area contributed by atoms with Gasteiger partial charge in [-0.05, 0) is 42.4 Å². The Kier molecular flexibility index (Phi) is 6.27. The van der Waals surface area contributed by atoms with Gasteiger partial charge in [0.1, 0.15) is 0 Å². The highest BCUT2D eigenvalue weighted by Crippen LogP contribution is 2.36. The maximum Gasteiger partial charge on any atom is 0.191 e. The molecule has 1 saturated carbocycles. The van der Waals surface area contributed by atoms with Crippen molar-refractivity contribution in [2.45, 2.75) is 43.9 Å². The van der Waals surface area contributed by atoms with Crippen LogP contribution in [-0.2, 0) is 16.3 Å². The Hall–Kier alpha value is -1.56. The summed E-state index contributed by atoms with van der Waals surface area (Å²) in [4.78, 5) is 4.64. The number of hydrogen-bond donors (Lipinski definition) is 2. The number of guanidine groups is 1. The molecule has 5 nitrogen and oxygen atoms in total. The van der Waals surface area contributed by atoms with Gasteiger partial charge in [0.15, 0.2) is 15.8 Å². The highest BCUT2D eigenvalue weighted by molar-refractivity contribution is 7.90. The molecule has 0 bridgehead atoms. The number of aliphatic imine (C=N–C) groups is 1. The Morgan fingerprint density at radius 1 is 1.17 bits per heavy atom. The Morgan fingerprint density at radius 3 is 2.33 bits per heavy atom. The fourth-order valence-electron chi connectivity index (χ4n) is 3.15. The summed E-state index contributed by atoms with van der Waals surface area (Å²) in [6.45, 7) is 4.05. The van der Waals surface area contributed by atoms with Gasteiger partial charge in [0, 0.05) is 26.4 Å². The van der Waals surface area contributed by atoms with Crippen molar-refractivity contribution in [2.75, 3.05) is 26.4 Å². The minimum absolute atomic E-state index is 0.362. The average molecular weight is 352 g/mol. The number of sulfone groups is 1. The van der Waals surface area contributed by atoms with E-state index in [1.54, 1.807) is 19.2 Å². The Morgan fingerprint density at radius 2 is 1.79 bits per heavy atom. The second-order valence-electron chi connectivity index (χ2n) is 7.04. The second kappa shape index (κ2) is 8.01. The molecule has 2 N–H and O–H groups in total. The summed E-state index contributed by atoms with van der Waals surface area (Å²) >= 11 is 0. The summed E-state index contributed by atoms with van der Waals surface area (Å²) in [5.74, 6) is 0.830. The van der Waals surface area contributed by atoms with E-state index in [1.165, 1.54) is 31.9 Å². The van der Waals surface area contributed by atoms with Gasteiger partial charge in [-0.2, -0.15) is 0 Å². The quantitative estimate of drug-likeness (QED) is 0.610. The van der Waals surface area contributed by atoms with Crippen molar-refractivity contribution in [2.24, 2.45) is 10.4 Å². The zero-order valence-electron chi connectivity index (χ0n) is 14.9. The molecule has 0 heterocycles. The van der Waals surface area contributed by atoms with Crippen molar-refractivity contribution in [1.82, 2.24) is 10.6 Å². The minimum atomic E-state index is -3.12. The first-order chi connectivity index (χ1) is 11.3. The predicted octanol–water partition coefficient (Wildman–Crippen LogP) is 2.38. The van der Waals surface area contributed by atoms with E-state index in [0.29, 0.717) is 10.3 Å². The van der Waals surface area contributed by atoms with E-state index in [1.807, 2.05) is 12.1 Å². The molecule has 1 aromatic rings. The molecule has 6 heteroatoms. The molecule has 0 radical (unpaired) electrons. The van der Waals surface area contributed by atoms with Crippen LogP contribution in [0.25, 0.3) is 0 Å². The lowest BCUT2D eigenvalue weighted by molar-refractivity contribution is 0.334. The zero-order chi connectivity index (χ0) is 17.6. The van der Waals surface area contributed by atoms with Gasteiger partial charge >= 0.3 is 0 Å². The van der Waals surface area contributed by atoms with Crippen molar-refractivity contribution in [3.8, 4) is 0 Å². The normalized spacial score (nSPS) is 17.7. The van der Waals surface area contributed by atoms with Crippen LogP contribution in [0.4, 0.5) is 0 Å². The molecule has 0 amide bonds. The lowest BCUT2D eigenvalue weighted by Crippen LogP contribution is -2.42. The molecular weight excluding hydrogens is 322 g/mol. The molecule has 0 aliphatic heterocycles. The summed E-state index contributed by atoms with van der Waals surface area (Å²) < 4.78 is 22.9. The lowest BCUT2D eigenvalue weighted by Gasteiger charge is -2.25. The van der Waals surface area contributed by atoms with Gasteiger partial charge in [0.05, 0.1) is 4.90 Å². The predicted molar refractivity (Wildman–Crippen MR) is 99.2 cm³/mol. The fourth-order valence-corrected chi connectivity index (χ4v) is 3.78. The van der Waals surface area contributed by atoms with Crippen LogP contribution in [0.5, 0.6) is 0 Å². The molecule has 1 aromatic carbocycles. The van der Waals surface area contributed by atoms with Gasteiger partial charge in [-0.3, -0.25) is 4.99 Å². The van der Waals surface area contributed by atoms with E-state index in [4.69, 9.17) is 0 Å². The Bertz CT molecular complexity index is 660. The number of hydrogen-bond acceptors (Lipinski definition) is 3. The van der Waals surface area contributed by atoms with Gasteiger partial charge in [-0.1, -0.05) is 31.9 Å². The van der Waals surface area contributed by atoms with Gasteiger partial charge in [0.2, 0.25) is 0 Å². The van der Waals surface area contributed by atoms with Crippen LogP contribution in [0.15, 0.2) is 34.2 Å². The van der Waals surface area contributed by atoms with E-state index in [0.717, 1.165) is 31.0 Å². The summed E-state index contributed by atoms with van der Waals surface area (Å²) in [7, 11) is -1.34. The maximum atomic E-state index is 11.5. The molecule has 1 aliphatic rings. The first-order valence-electron chi connectivity index (χ1n) is 8.56. The summed E-state index contributed by atoms with van der Waals surface area (Å²) in [6, 6.07) is 7.07. The van der Waals surface area contributed by atoms with Crippen LogP contribution >= 0.6 is 0 Å². The first kappa shape index (κ1) is 18.8. The van der Waals surface area contributed by atoms with Crippen molar-refractivity contribution in [3.63, 3.8) is 0 Å². The molecule has 0 unspecified atom stereocenters. The molecule has 0 saturated heterocycles. The van der Waals surface area contributed by atoms with Crippen LogP contribution < -0.4 is 10.6 Å². The van der Waals surface area contributed by atoms with Crippen molar-refractivity contribution in [1.29, 1.82) is 0 Å². The molecule has 0 spiro atoms. The third-order valence-corrected chi connectivity index (χ3v) is 5.90. The van der Waals surface area contributed by atoms with Crippen LogP contribution in [0.2, 0.25) is 0 Å². The summed E-state index contributed by atoms with van der Waals surface area (Å²) in [5, 5.41) is 6.75. The van der Waals surface area contributed by atoms with E-state index in [-0.39, 0.29) is 0 Å². The highest BCUT2D eigenvalue weighted by Gasteiger charge is 2.28. The SMILES string of the molecule is CN=C(NCCc1ccc(S(C)(=O)=O)cc1)NCC1(C)CCCC1. The van der Waals surface area contributed by atoms with Crippen molar-refractivity contribution < 1.29 is 8.42 Å². The molecule has 1 aliphatic carbocycles. The smallest absolute Gasteiger partial charge is 0.191 e. The topological polar surface area (TPSA) is 70.6 Å². The van der Waals surface area contributed by atoms with Gasteiger partial charge < -0.3 is 10.6 Å². The van der Waals surface area contributed by atoms with Crippen LogP contribution in [0.3, 0.4) is 0 Å². The number of nitrogens with zero attached hydrogens (tertiary/aromatic N) is 1. The average Bonchev–Trinajstić information content (AvgIpc) is 2.97. The van der Waals surface area contributed by atoms with E-state index in [2.05, 4.69) is 22.5 Å². The molecule has 2 rings (SSSR count). The molecule has 1 fully saturated rings. The number of nitrogens with one attached hydrogen (secondary N) is 2. The molecule has 134 valence electrons. The van der Waals surface area contributed by atoms with Crippen molar-refractivity contribution in [3.05, 3.63) is 29.8 Å². The maximum absolute atomic E-state index is 11.5. The highest BCUT2D eigenvalue weighted by atomic mass is 32.2. The molecule has 24 heavy (non-hydrogen) atoms. The van der Waals surface area contributed by atoms with Gasteiger partial charge in [-0.25, -0.2) is 8.42 Å². The minimum Gasteiger partial charge on any atom is -0.356 e. The molecule has 0 aromatic heterocycles. The second-order valence-corrected chi connectivity index (χ2v) is 9.05. The third kappa shape index (κ3) is 5.51. The van der Waals surface area contributed by atoms with E-state index in [9.17, 15) is 8.42 Å². The third-order valence-electron chi connectivity index (χ3n) is 4.77. The van der Waals surface area contributed by atoms with Crippen LogP contribution in [-0.4, -0.2) is 40.8 Å².